The van der Waals surface area contributed by atoms with E-state index in [-0.39, 0.29) is 18.4 Å². The summed E-state index contributed by atoms with van der Waals surface area (Å²) in [6.45, 7) is 4.41. The number of unbranched alkanes of at least 4 members (excludes halogenated alkanes) is 1. The highest BCUT2D eigenvalue weighted by Gasteiger charge is 2.10. The minimum absolute atomic E-state index is 0.251. The van der Waals surface area contributed by atoms with Crippen LogP contribution in [0.5, 0.6) is 5.75 Å². The van der Waals surface area contributed by atoms with Gasteiger partial charge in [0.15, 0.2) is 0 Å². The molecule has 1 unspecified atom stereocenters. The van der Waals surface area contributed by atoms with Gasteiger partial charge in [0.1, 0.15) is 17.7 Å². The molecule has 112 valence electrons. The van der Waals surface area contributed by atoms with Crippen molar-refractivity contribution in [2.24, 2.45) is 0 Å². The highest BCUT2D eigenvalue weighted by molar-refractivity contribution is 5.67. The van der Waals surface area contributed by atoms with Crippen LogP contribution in [0.25, 0.3) is 0 Å². The maximum absolute atomic E-state index is 13.1. The van der Waals surface area contributed by atoms with Gasteiger partial charge in [0.2, 0.25) is 0 Å². The Morgan fingerprint density at radius 3 is 2.95 bits per heavy atom. The minimum atomic E-state index is -0.485. The fourth-order valence-corrected chi connectivity index (χ4v) is 1.46. The molecule has 0 aliphatic carbocycles. The number of hydrogen-bond acceptors (Lipinski definition) is 4. The third-order valence-corrected chi connectivity index (χ3v) is 2.57. The third kappa shape index (κ3) is 5.77. The fraction of sp³-hybridized carbons (Fsp3) is 0.500. The first-order valence-corrected chi connectivity index (χ1v) is 6.65. The summed E-state index contributed by atoms with van der Waals surface area (Å²) in [4.78, 5) is 11.3. The number of carbonyl (C=O) groups excluding carboxylic acids is 1. The van der Waals surface area contributed by atoms with Gasteiger partial charge >= 0.3 is 6.09 Å². The van der Waals surface area contributed by atoms with Crippen molar-refractivity contribution in [3.63, 3.8) is 0 Å². The average molecular weight is 284 g/mol. The van der Waals surface area contributed by atoms with E-state index in [0.717, 1.165) is 12.8 Å². The third-order valence-electron chi connectivity index (χ3n) is 2.57. The second-order valence-electron chi connectivity index (χ2n) is 4.48. The zero-order valence-corrected chi connectivity index (χ0v) is 11.8. The number of halogens is 1. The van der Waals surface area contributed by atoms with Crippen LogP contribution < -0.4 is 15.8 Å². The van der Waals surface area contributed by atoms with E-state index in [4.69, 9.17) is 15.2 Å². The van der Waals surface area contributed by atoms with Crippen LogP contribution >= 0.6 is 0 Å². The van der Waals surface area contributed by atoms with Gasteiger partial charge in [-0.3, -0.25) is 0 Å². The zero-order valence-electron chi connectivity index (χ0n) is 11.8. The van der Waals surface area contributed by atoms with Crippen LogP contribution in [-0.4, -0.2) is 25.3 Å². The summed E-state index contributed by atoms with van der Waals surface area (Å²) >= 11 is 0. The van der Waals surface area contributed by atoms with E-state index in [1.54, 1.807) is 6.92 Å². The summed E-state index contributed by atoms with van der Waals surface area (Å²) in [5.74, 6) is -0.160. The van der Waals surface area contributed by atoms with Crippen molar-refractivity contribution in [3.05, 3.63) is 24.0 Å². The van der Waals surface area contributed by atoms with Crippen LogP contribution in [0.4, 0.5) is 14.9 Å². The Labute approximate surface area is 118 Å². The van der Waals surface area contributed by atoms with Gasteiger partial charge in [-0.05, 0) is 25.5 Å². The Hall–Kier alpha value is -1.98. The van der Waals surface area contributed by atoms with E-state index in [2.05, 4.69) is 5.32 Å². The summed E-state index contributed by atoms with van der Waals surface area (Å²) in [5, 5.41) is 2.57. The van der Waals surface area contributed by atoms with Gasteiger partial charge in [-0.25, -0.2) is 9.18 Å². The molecule has 0 aliphatic rings. The summed E-state index contributed by atoms with van der Waals surface area (Å²) in [6.07, 6.45) is 0.962. The van der Waals surface area contributed by atoms with Crippen molar-refractivity contribution in [2.75, 3.05) is 18.9 Å². The average Bonchev–Trinajstić information content (AvgIpc) is 2.41. The lowest BCUT2D eigenvalue weighted by atomic mass is 10.3. The molecule has 0 aromatic heterocycles. The molecule has 0 aliphatic heterocycles. The Balaban J connectivity index is 2.34. The molecule has 1 rings (SSSR count). The molecule has 0 bridgehead atoms. The molecule has 0 spiro atoms. The van der Waals surface area contributed by atoms with E-state index in [1.165, 1.54) is 18.2 Å². The number of nitrogen functional groups attached to an aromatic ring is 1. The largest absolute Gasteiger partial charge is 0.487 e. The number of ether oxygens (including phenoxy) is 2. The summed E-state index contributed by atoms with van der Waals surface area (Å²) in [7, 11) is 0. The fourth-order valence-electron chi connectivity index (χ4n) is 1.46. The van der Waals surface area contributed by atoms with Gasteiger partial charge in [0, 0.05) is 6.07 Å². The smallest absolute Gasteiger partial charge is 0.407 e. The number of benzene rings is 1. The van der Waals surface area contributed by atoms with Crippen molar-refractivity contribution in [1.29, 1.82) is 0 Å². The molecular formula is C14H21FN2O3. The van der Waals surface area contributed by atoms with Gasteiger partial charge in [0.25, 0.3) is 0 Å². The number of hydrogen-bond donors (Lipinski definition) is 2. The van der Waals surface area contributed by atoms with Gasteiger partial charge in [-0.1, -0.05) is 13.3 Å². The van der Waals surface area contributed by atoms with E-state index < -0.39 is 11.9 Å². The molecule has 0 radical (unpaired) electrons. The number of anilines is 1. The molecule has 0 fully saturated rings. The number of carbonyl (C=O) groups is 1. The molecule has 0 saturated heterocycles. The molecular weight excluding hydrogens is 263 g/mol. The van der Waals surface area contributed by atoms with Crippen LogP contribution in [-0.2, 0) is 4.74 Å². The molecule has 20 heavy (non-hydrogen) atoms. The van der Waals surface area contributed by atoms with Crippen LogP contribution in [0.2, 0.25) is 0 Å². The molecule has 5 nitrogen and oxygen atoms in total. The highest BCUT2D eigenvalue weighted by atomic mass is 19.1. The monoisotopic (exact) mass is 284 g/mol. The van der Waals surface area contributed by atoms with Crippen LogP contribution in [0.15, 0.2) is 18.2 Å². The summed E-state index contributed by atoms with van der Waals surface area (Å²) in [5.41, 5.74) is 6.02. The van der Waals surface area contributed by atoms with Crippen molar-refractivity contribution in [2.45, 2.75) is 32.8 Å². The molecule has 3 N–H and O–H groups in total. The minimum Gasteiger partial charge on any atom is -0.487 e. The topological polar surface area (TPSA) is 73.6 Å². The molecule has 1 aromatic rings. The van der Waals surface area contributed by atoms with E-state index >= 15 is 0 Å². The predicted octanol–water partition coefficient (Wildman–Crippen LogP) is 2.70. The quantitative estimate of drug-likeness (QED) is 0.596. The maximum Gasteiger partial charge on any atom is 0.407 e. The number of rotatable bonds is 7. The van der Waals surface area contributed by atoms with Gasteiger partial charge < -0.3 is 20.5 Å². The molecule has 1 atom stereocenters. The van der Waals surface area contributed by atoms with Gasteiger partial charge in [-0.15, -0.1) is 0 Å². The van der Waals surface area contributed by atoms with E-state index in [9.17, 15) is 9.18 Å². The van der Waals surface area contributed by atoms with Crippen LogP contribution in [0.3, 0.4) is 0 Å². The van der Waals surface area contributed by atoms with E-state index in [1.807, 2.05) is 6.92 Å². The van der Waals surface area contributed by atoms with Gasteiger partial charge in [-0.2, -0.15) is 0 Å². The maximum atomic E-state index is 13.1. The number of alkyl carbamates (subject to hydrolysis) is 1. The molecule has 0 heterocycles. The number of nitrogens with two attached hydrogens (primary N) is 1. The first kappa shape index (κ1) is 16.1. The van der Waals surface area contributed by atoms with Crippen molar-refractivity contribution in [1.82, 2.24) is 5.32 Å². The Morgan fingerprint density at radius 2 is 2.25 bits per heavy atom. The lowest BCUT2D eigenvalue weighted by molar-refractivity contribution is 0.137. The highest BCUT2D eigenvalue weighted by Crippen LogP contribution is 2.22. The first-order chi connectivity index (χ1) is 9.52. The van der Waals surface area contributed by atoms with Gasteiger partial charge in [0.05, 0.1) is 18.8 Å². The van der Waals surface area contributed by atoms with Crippen LogP contribution in [0, 0.1) is 5.82 Å². The second kappa shape index (κ2) is 8.24. The number of nitrogens with one attached hydrogen (secondary N) is 1. The zero-order chi connectivity index (χ0) is 15.0. The Kier molecular flexibility index (Phi) is 6.63. The van der Waals surface area contributed by atoms with Crippen LogP contribution in [0.1, 0.15) is 26.7 Å². The lowest BCUT2D eigenvalue weighted by Gasteiger charge is -2.16. The van der Waals surface area contributed by atoms with Crippen molar-refractivity contribution in [3.8, 4) is 5.75 Å². The SMILES string of the molecule is CCCCOC(=O)NCC(C)Oc1cc(F)ccc1N. The molecule has 1 amide bonds. The Morgan fingerprint density at radius 1 is 1.50 bits per heavy atom. The standard InChI is InChI=1S/C14H21FN2O3/c1-3-4-7-19-14(18)17-9-10(2)20-13-8-11(15)5-6-12(13)16/h5-6,8,10H,3-4,7,9,16H2,1-2H3,(H,17,18). The first-order valence-electron chi connectivity index (χ1n) is 6.65. The Bertz CT molecular complexity index is 440. The summed E-state index contributed by atoms with van der Waals surface area (Å²) in [6, 6.07) is 3.91. The van der Waals surface area contributed by atoms with E-state index in [0.29, 0.717) is 12.3 Å². The molecule has 6 heteroatoms. The van der Waals surface area contributed by atoms with Crippen molar-refractivity contribution >= 4 is 11.8 Å². The normalized spacial score (nSPS) is 11.8. The summed E-state index contributed by atoms with van der Waals surface area (Å²) < 4.78 is 23.5. The second-order valence-corrected chi connectivity index (χ2v) is 4.48. The molecule has 0 saturated carbocycles. The predicted molar refractivity (Wildman–Crippen MR) is 75.2 cm³/mol. The number of amides is 1. The van der Waals surface area contributed by atoms with Crippen molar-refractivity contribution < 1.29 is 18.7 Å². The lowest BCUT2D eigenvalue weighted by Crippen LogP contribution is -2.34. The molecule has 1 aromatic carbocycles.